The fourth-order valence-corrected chi connectivity index (χ4v) is 4.58. The molecule has 1 aliphatic heterocycles. The number of ketones is 1. The normalized spacial score (nSPS) is 14.1. The Kier molecular flexibility index (Phi) is 8.95. The Morgan fingerprint density at radius 1 is 1.12 bits per heavy atom. The minimum Gasteiger partial charge on any atom is -0.496 e. The van der Waals surface area contributed by atoms with Crippen molar-refractivity contribution in [1.82, 2.24) is 20.8 Å². The molecular formula is C30H36N4O7. The van der Waals surface area contributed by atoms with Crippen LogP contribution >= 0.6 is 0 Å². The topological polar surface area (TPSA) is 142 Å². The van der Waals surface area contributed by atoms with Crippen molar-refractivity contribution in [3.8, 4) is 28.7 Å². The standard InChI is InChI=1S/C30H36N4O7/c1-17(2)27(33-26(36)13-20-11-19(7-9-24(20)38-6)29-32-18(3)34-41-29)28(37)31-15-22(35)16-39-23-8-10-25-21(12-23)14-30(4,5)40-25/h7-12,17,27H,13-16H2,1-6H3,(H,31,37)(H,33,36)/t27-/m0/s1. The summed E-state index contributed by atoms with van der Waals surface area (Å²) >= 11 is 0. The molecule has 0 aliphatic carbocycles. The van der Waals surface area contributed by atoms with Crippen LogP contribution in [0.2, 0.25) is 0 Å². The number of rotatable bonds is 12. The minimum atomic E-state index is -0.843. The van der Waals surface area contributed by atoms with Gasteiger partial charge >= 0.3 is 0 Å². The van der Waals surface area contributed by atoms with Gasteiger partial charge in [0.15, 0.2) is 11.6 Å². The summed E-state index contributed by atoms with van der Waals surface area (Å²) in [5.41, 5.74) is 1.99. The van der Waals surface area contributed by atoms with E-state index in [0.29, 0.717) is 34.3 Å². The summed E-state index contributed by atoms with van der Waals surface area (Å²) in [5.74, 6) is 1.34. The summed E-state index contributed by atoms with van der Waals surface area (Å²) in [6.07, 6.45) is 0.707. The van der Waals surface area contributed by atoms with Gasteiger partial charge < -0.3 is 29.4 Å². The van der Waals surface area contributed by atoms with Crippen LogP contribution < -0.4 is 24.8 Å². The predicted octanol–water partition coefficient (Wildman–Crippen LogP) is 3.21. The molecule has 11 heteroatoms. The molecule has 0 fully saturated rings. The van der Waals surface area contributed by atoms with Crippen LogP contribution in [0.15, 0.2) is 40.9 Å². The molecule has 218 valence electrons. The largest absolute Gasteiger partial charge is 0.496 e. The minimum absolute atomic E-state index is 0.0452. The average molecular weight is 565 g/mol. The molecule has 11 nitrogen and oxygen atoms in total. The molecule has 41 heavy (non-hydrogen) atoms. The quantitative estimate of drug-likeness (QED) is 0.339. The Bertz CT molecular complexity index is 1430. The fraction of sp³-hybridized carbons (Fsp3) is 0.433. The van der Waals surface area contributed by atoms with E-state index in [0.717, 1.165) is 17.7 Å². The van der Waals surface area contributed by atoms with Crippen LogP contribution in [-0.2, 0) is 27.2 Å². The monoisotopic (exact) mass is 564 g/mol. The van der Waals surface area contributed by atoms with Crippen LogP contribution in [0.25, 0.3) is 11.5 Å². The van der Waals surface area contributed by atoms with Gasteiger partial charge in [-0.25, -0.2) is 0 Å². The molecule has 1 aliphatic rings. The van der Waals surface area contributed by atoms with Crippen molar-refractivity contribution in [2.24, 2.45) is 5.92 Å². The molecule has 0 spiro atoms. The van der Waals surface area contributed by atoms with Crippen molar-refractivity contribution in [2.75, 3.05) is 20.3 Å². The van der Waals surface area contributed by atoms with Gasteiger partial charge in [-0.2, -0.15) is 4.98 Å². The zero-order chi connectivity index (χ0) is 29.7. The second-order valence-electron chi connectivity index (χ2n) is 11.0. The highest BCUT2D eigenvalue weighted by Crippen LogP contribution is 2.36. The van der Waals surface area contributed by atoms with E-state index < -0.39 is 11.9 Å². The van der Waals surface area contributed by atoms with Crippen molar-refractivity contribution in [3.63, 3.8) is 0 Å². The second kappa shape index (κ2) is 12.4. The molecule has 0 saturated heterocycles. The van der Waals surface area contributed by atoms with Gasteiger partial charge in [0, 0.05) is 23.1 Å². The highest BCUT2D eigenvalue weighted by molar-refractivity contribution is 5.92. The molecule has 4 rings (SSSR count). The van der Waals surface area contributed by atoms with E-state index in [-0.39, 0.29) is 42.8 Å². The van der Waals surface area contributed by atoms with E-state index in [2.05, 4.69) is 20.8 Å². The summed E-state index contributed by atoms with van der Waals surface area (Å²) in [6, 6.07) is 9.83. The maximum absolute atomic E-state index is 13.0. The Morgan fingerprint density at radius 3 is 2.59 bits per heavy atom. The van der Waals surface area contributed by atoms with Crippen molar-refractivity contribution in [3.05, 3.63) is 53.3 Å². The van der Waals surface area contributed by atoms with Crippen molar-refractivity contribution < 1.29 is 33.1 Å². The lowest BCUT2D eigenvalue weighted by molar-refractivity contribution is -0.131. The maximum Gasteiger partial charge on any atom is 0.257 e. The first-order valence-corrected chi connectivity index (χ1v) is 13.4. The molecule has 2 aromatic carbocycles. The van der Waals surface area contributed by atoms with Crippen LogP contribution in [-0.4, -0.2) is 59.6 Å². The molecule has 2 N–H and O–H groups in total. The third kappa shape index (κ3) is 7.62. The zero-order valence-corrected chi connectivity index (χ0v) is 24.2. The van der Waals surface area contributed by atoms with Crippen LogP contribution in [0.4, 0.5) is 0 Å². The first kappa shape index (κ1) is 29.6. The van der Waals surface area contributed by atoms with Gasteiger partial charge in [-0.15, -0.1) is 0 Å². The number of aryl methyl sites for hydroxylation is 1. The second-order valence-corrected chi connectivity index (χ2v) is 11.0. The van der Waals surface area contributed by atoms with E-state index in [4.69, 9.17) is 18.7 Å². The number of Topliss-reactive ketones (excluding diaryl/α,β-unsaturated/α-hetero) is 1. The molecular weight excluding hydrogens is 528 g/mol. The molecule has 1 aromatic heterocycles. The van der Waals surface area contributed by atoms with Gasteiger partial charge in [-0.3, -0.25) is 14.4 Å². The fourth-order valence-electron chi connectivity index (χ4n) is 4.58. The molecule has 1 atom stereocenters. The van der Waals surface area contributed by atoms with Gasteiger partial charge in [0.2, 0.25) is 11.8 Å². The highest BCUT2D eigenvalue weighted by Gasteiger charge is 2.30. The van der Waals surface area contributed by atoms with E-state index in [9.17, 15) is 14.4 Å². The Labute approximate surface area is 238 Å². The SMILES string of the molecule is COc1ccc(-c2nc(C)no2)cc1CC(=O)N[C@H](C(=O)NCC(=O)COc1ccc2c(c1)CC(C)(C)O2)C(C)C. The van der Waals surface area contributed by atoms with Crippen molar-refractivity contribution >= 4 is 17.6 Å². The summed E-state index contributed by atoms with van der Waals surface area (Å²) in [4.78, 5) is 42.6. The third-order valence-electron chi connectivity index (χ3n) is 6.57. The van der Waals surface area contributed by atoms with Crippen LogP contribution in [0.5, 0.6) is 17.2 Å². The smallest absolute Gasteiger partial charge is 0.257 e. The first-order chi connectivity index (χ1) is 19.4. The van der Waals surface area contributed by atoms with Gasteiger partial charge in [0.25, 0.3) is 5.89 Å². The highest BCUT2D eigenvalue weighted by atomic mass is 16.5. The number of nitrogens with zero attached hydrogens (tertiary/aromatic N) is 2. The summed E-state index contributed by atoms with van der Waals surface area (Å²) < 4.78 is 22.1. The first-order valence-electron chi connectivity index (χ1n) is 13.4. The molecule has 0 saturated carbocycles. The maximum atomic E-state index is 13.0. The van der Waals surface area contributed by atoms with Gasteiger partial charge in [0.05, 0.1) is 20.1 Å². The van der Waals surface area contributed by atoms with E-state index in [1.165, 1.54) is 7.11 Å². The lowest BCUT2D eigenvalue weighted by Crippen LogP contribution is -2.51. The Hall–Kier alpha value is -4.41. The number of ether oxygens (including phenoxy) is 3. The van der Waals surface area contributed by atoms with Crippen LogP contribution in [0, 0.1) is 12.8 Å². The lowest BCUT2D eigenvalue weighted by atomic mass is 10.0. The van der Waals surface area contributed by atoms with Gasteiger partial charge in [-0.1, -0.05) is 19.0 Å². The summed E-state index contributed by atoms with van der Waals surface area (Å²) in [7, 11) is 1.51. The van der Waals surface area contributed by atoms with Crippen LogP contribution in [0.3, 0.4) is 0 Å². The Balaban J connectivity index is 1.30. The molecule has 2 amide bonds. The number of nitrogens with one attached hydrogen (secondary N) is 2. The molecule has 0 bridgehead atoms. The lowest BCUT2D eigenvalue weighted by Gasteiger charge is -2.22. The number of carbonyl (C=O) groups excluding carboxylic acids is 3. The average Bonchev–Trinajstić information content (AvgIpc) is 3.49. The van der Waals surface area contributed by atoms with E-state index in [1.807, 2.05) is 39.8 Å². The zero-order valence-electron chi connectivity index (χ0n) is 24.2. The number of hydrogen-bond acceptors (Lipinski definition) is 9. The third-order valence-corrected chi connectivity index (χ3v) is 6.57. The number of fused-ring (bicyclic) bond motifs is 1. The molecule has 2 heterocycles. The Morgan fingerprint density at radius 2 is 1.90 bits per heavy atom. The van der Waals surface area contributed by atoms with Crippen LogP contribution in [0.1, 0.15) is 44.6 Å². The van der Waals surface area contributed by atoms with Crippen molar-refractivity contribution in [1.29, 1.82) is 0 Å². The predicted molar refractivity (Wildman–Crippen MR) is 150 cm³/mol. The summed E-state index contributed by atoms with van der Waals surface area (Å²) in [6.45, 7) is 8.95. The van der Waals surface area contributed by atoms with Gasteiger partial charge in [-0.05, 0) is 63.1 Å². The summed E-state index contributed by atoms with van der Waals surface area (Å²) in [5, 5.41) is 9.20. The number of benzene rings is 2. The van der Waals surface area contributed by atoms with Crippen molar-refractivity contribution in [2.45, 2.75) is 59.1 Å². The number of hydrogen-bond donors (Lipinski definition) is 2. The number of amides is 2. The number of methoxy groups -OCH3 is 1. The van der Waals surface area contributed by atoms with E-state index in [1.54, 1.807) is 31.2 Å². The molecule has 0 radical (unpaired) electrons. The number of carbonyl (C=O) groups is 3. The number of aromatic nitrogens is 2. The van der Waals surface area contributed by atoms with E-state index >= 15 is 0 Å². The molecule has 0 unspecified atom stereocenters. The molecule has 3 aromatic rings. The van der Waals surface area contributed by atoms with Gasteiger partial charge in [0.1, 0.15) is 35.5 Å².